The first-order valence-electron chi connectivity index (χ1n) is 9.13. The number of rotatable bonds is 6. The van der Waals surface area contributed by atoms with E-state index in [0.717, 1.165) is 0 Å². The van der Waals surface area contributed by atoms with Crippen LogP contribution < -0.4 is 15.0 Å². The molecule has 1 aromatic heterocycles. The van der Waals surface area contributed by atoms with Gasteiger partial charge in [-0.15, -0.1) is 0 Å². The third-order valence-electron chi connectivity index (χ3n) is 4.35. The van der Waals surface area contributed by atoms with Gasteiger partial charge in [0.1, 0.15) is 11.6 Å². The van der Waals surface area contributed by atoms with Crippen molar-refractivity contribution >= 4 is 40.6 Å². The van der Waals surface area contributed by atoms with E-state index in [1.54, 1.807) is 6.07 Å². The van der Waals surface area contributed by atoms with Crippen molar-refractivity contribution in [2.75, 3.05) is 17.3 Å². The van der Waals surface area contributed by atoms with Crippen molar-refractivity contribution in [1.29, 1.82) is 0 Å². The van der Waals surface area contributed by atoms with Gasteiger partial charge in [-0.1, -0.05) is 23.7 Å². The van der Waals surface area contributed by atoms with Crippen LogP contribution in [0.15, 0.2) is 54.7 Å². The van der Waals surface area contributed by atoms with Gasteiger partial charge in [0.05, 0.1) is 24.2 Å². The molecule has 0 bridgehead atoms. The molecule has 0 aliphatic rings. The molecule has 0 saturated heterocycles. The number of hydrogen-bond acceptors (Lipinski definition) is 4. The van der Waals surface area contributed by atoms with Crippen LogP contribution in [-0.4, -0.2) is 23.9 Å². The van der Waals surface area contributed by atoms with Gasteiger partial charge in [-0.2, -0.15) is 0 Å². The second kappa shape index (κ2) is 9.53. The maximum absolute atomic E-state index is 13.8. The predicted octanol–water partition coefficient (Wildman–Crippen LogP) is 4.89. The summed E-state index contributed by atoms with van der Waals surface area (Å²) in [5, 5.41) is 2.56. The van der Waals surface area contributed by atoms with E-state index < -0.39 is 17.5 Å². The summed E-state index contributed by atoms with van der Waals surface area (Å²) in [7, 11) is 1.32. The molecule has 0 aliphatic heterocycles. The number of anilines is 3. The van der Waals surface area contributed by atoms with Crippen LogP contribution in [0.5, 0.6) is 5.75 Å². The second-order valence-corrected chi connectivity index (χ2v) is 6.89. The molecular formula is C22H18ClF2N3O3. The molecule has 0 unspecified atom stereocenters. The quantitative estimate of drug-likeness (QED) is 0.586. The third-order valence-corrected chi connectivity index (χ3v) is 4.77. The Labute approximate surface area is 182 Å². The minimum absolute atomic E-state index is 0.0276. The lowest BCUT2D eigenvalue weighted by Crippen LogP contribution is -2.24. The lowest BCUT2D eigenvalue weighted by molar-refractivity contribution is -0.116. The zero-order valence-electron chi connectivity index (χ0n) is 16.7. The number of methoxy groups -OCH3 is 1. The lowest BCUT2D eigenvalue weighted by Gasteiger charge is -2.21. The van der Waals surface area contributed by atoms with Crippen LogP contribution in [0.25, 0.3) is 0 Å². The van der Waals surface area contributed by atoms with Crippen LogP contribution in [0.2, 0.25) is 5.02 Å². The summed E-state index contributed by atoms with van der Waals surface area (Å²) in [5.41, 5.74) is 1.05. The van der Waals surface area contributed by atoms with Crippen LogP contribution in [0.1, 0.15) is 12.5 Å². The van der Waals surface area contributed by atoms with Crippen molar-refractivity contribution < 1.29 is 23.1 Å². The Bertz CT molecular complexity index is 1140. The van der Waals surface area contributed by atoms with Crippen molar-refractivity contribution in [2.45, 2.75) is 13.3 Å². The number of nitrogens with one attached hydrogen (secondary N) is 1. The monoisotopic (exact) mass is 445 g/mol. The second-order valence-electron chi connectivity index (χ2n) is 6.51. The fourth-order valence-electron chi connectivity index (χ4n) is 2.94. The number of benzene rings is 2. The number of hydrogen-bond donors (Lipinski definition) is 1. The Morgan fingerprint density at radius 3 is 2.61 bits per heavy atom. The molecule has 0 saturated carbocycles. The van der Waals surface area contributed by atoms with E-state index in [9.17, 15) is 18.4 Å². The number of carbonyl (C=O) groups is 2. The largest absolute Gasteiger partial charge is 0.494 e. The number of pyridine rings is 1. The SMILES string of the molecule is COc1cc(N(C(C)=O)c2cc(NC(=O)Cc3cccc(F)c3Cl)ccn2)ccc1F. The highest BCUT2D eigenvalue weighted by Gasteiger charge is 2.18. The maximum atomic E-state index is 13.8. The van der Waals surface area contributed by atoms with E-state index in [0.29, 0.717) is 16.9 Å². The summed E-state index contributed by atoms with van der Waals surface area (Å²) in [6, 6.07) is 11.2. The molecule has 6 nitrogen and oxygen atoms in total. The Balaban J connectivity index is 1.84. The van der Waals surface area contributed by atoms with Gasteiger partial charge in [0.15, 0.2) is 11.6 Å². The first-order chi connectivity index (χ1) is 14.8. The van der Waals surface area contributed by atoms with Crippen molar-refractivity contribution in [3.05, 3.63) is 76.9 Å². The minimum Gasteiger partial charge on any atom is -0.494 e. The molecule has 1 heterocycles. The van der Waals surface area contributed by atoms with Crippen molar-refractivity contribution in [3.63, 3.8) is 0 Å². The van der Waals surface area contributed by atoms with E-state index >= 15 is 0 Å². The van der Waals surface area contributed by atoms with E-state index in [1.807, 2.05) is 0 Å². The summed E-state index contributed by atoms with van der Waals surface area (Å²) < 4.78 is 32.3. The molecule has 3 aromatic rings. The predicted molar refractivity (Wildman–Crippen MR) is 114 cm³/mol. The summed E-state index contributed by atoms with van der Waals surface area (Å²) >= 11 is 5.90. The number of carbonyl (C=O) groups excluding carboxylic acids is 2. The van der Waals surface area contributed by atoms with Gasteiger partial charge in [-0.3, -0.25) is 14.5 Å². The van der Waals surface area contributed by atoms with Gasteiger partial charge in [-0.25, -0.2) is 13.8 Å². The molecule has 0 atom stereocenters. The van der Waals surface area contributed by atoms with E-state index in [4.69, 9.17) is 16.3 Å². The highest BCUT2D eigenvalue weighted by molar-refractivity contribution is 6.31. The summed E-state index contributed by atoms with van der Waals surface area (Å²) in [4.78, 5) is 30.1. The van der Waals surface area contributed by atoms with Crippen LogP contribution >= 0.6 is 11.6 Å². The van der Waals surface area contributed by atoms with Gasteiger partial charge in [0.2, 0.25) is 11.8 Å². The topological polar surface area (TPSA) is 71.5 Å². The van der Waals surface area contributed by atoms with E-state index in [1.165, 1.54) is 67.6 Å². The molecule has 9 heteroatoms. The van der Waals surface area contributed by atoms with Gasteiger partial charge in [0, 0.05) is 30.9 Å². The Morgan fingerprint density at radius 1 is 1.13 bits per heavy atom. The normalized spacial score (nSPS) is 10.5. The van der Waals surface area contributed by atoms with Gasteiger partial charge >= 0.3 is 0 Å². The molecule has 1 N–H and O–H groups in total. The molecule has 2 aromatic carbocycles. The molecule has 0 fully saturated rings. The average molecular weight is 446 g/mol. The van der Waals surface area contributed by atoms with E-state index in [-0.39, 0.29) is 28.9 Å². The zero-order chi connectivity index (χ0) is 22.5. The van der Waals surface area contributed by atoms with Crippen molar-refractivity contribution in [3.8, 4) is 5.75 Å². The molecule has 0 aliphatic carbocycles. The van der Waals surface area contributed by atoms with Crippen LogP contribution in [0, 0.1) is 11.6 Å². The first kappa shape index (κ1) is 22.2. The average Bonchev–Trinajstić information content (AvgIpc) is 2.73. The summed E-state index contributed by atoms with van der Waals surface area (Å²) in [6.45, 7) is 1.33. The molecule has 31 heavy (non-hydrogen) atoms. The van der Waals surface area contributed by atoms with Gasteiger partial charge in [-0.05, 0) is 29.8 Å². The fraction of sp³-hybridized carbons (Fsp3) is 0.136. The van der Waals surface area contributed by atoms with Crippen LogP contribution in [0.4, 0.5) is 26.0 Å². The Morgan fingerprint density at radius 2 is 1.90 bits per heavy atom. The molecule has 2 amide bonds. The number of amides is 2. The number of ether oxygens (including phenoxy) is 1. The Kier molecular flexibility index (Phi) is 6.81. The maximum Gasteiger partial charge on any atom is 0.229 e. The first-order valence-corrected chi connectivity index (χ1v) is 9.51. The molecule has 0 spiro atoms. The fourth-order valence-corrected chi connectivity index (χ4v) is 3.14. The number of aromatic nitrogens is 1. The highest BCUT2D eigenvalue weighted by Crippen LogP contribution is 2.30. The van der Waals surface area contributed by atoms with Gasteiger partial charge < -0.3 is 10.1 Å². The third kappa shape index (κ3) is 5.16. The Hall–Kier alpha value is -3.52. The molecular weight excluding hydrogens is 428 g/mol. The van der Waals surface area contributed by atoms with E-state index in [2.05, 4.69) is 10.3 Å². The molecule has 3 rings (SSSR count). The minimum atomic E-state index is -0.606. The molecule has 0 radical (unpaired) electrons. The number of nitrogens with zero attached hydrogens (tertiary/aromatic N) is 2. The standard InChI is InChI=1S/C22H18ClF2N3O3/c1-13(29)28(16-6-7-17(24)19(12-16)31-2)20-11-15(8-9-26-20)27-21(30)10-14-4-3-5-18(25)22(14)23/h3-9,11-12H,10H2,1-2H3,(H,26,27,30). The van der Waals surface area contributed by atoms with Gasteiger partial charge in [0.25, 0.3) is 0 Å². The van der Waals surface area contributed by atoms with Crippen LogP contribution in [-0.2, 0) is 16.0 Å². The van der Waals surface area contributed by atoms with Crippen molar-refractivity contribution in [1.82, 2.24) is 4.98 Å². The molecule has 160 valence electrons. The summed E-state index contributed by atoms with van der Waals surface area (Å²) in [5.74, 6) is -1.80. The van der Waals surface area contributed by atoms with Crippen LogP contribution in [0.3, 0.4) is 0 Å². The lowest BCUT2D eigenvalue weighted by atomic mass is 10.1. The smallest absolute Gasteiger partial charge is 0.229 e. The highest BCUT2D eigenvalue weighted by atomic mass is 35.5. The zero-order valence-corrected chi connectivity index (χ0v) is 17.4. The number of halogens is 3. The summed E-state index contributed by atoms with van der Waals surface area (Å²) in [6.07, 6.45) is 1.27. The van der Waals surface area contributed by atoms with Crippen molar-refractivity contribution in [2.24, 2.45) is 0 Å².